The Morgan fingerprint density at radius 1 is 1.19 bits per heavy atom. The second kappa shape index (κ2) is 7.50. The zero-order chi connectivity index (χ0) is 15.1. The van der Waals surface area contributed by atoms with Crippen LogP contribution in [0, 0.1) is 0 Å². The Morgan fingerprint density at radius 2 is 1.90 bits per heavy atom. The normalized spacial score (nSPS) is 10.6. The Kier molecular flexibility index (Phi) is 5.41. The molecule has 4 heteroatoms. The first kappa shape index (κ1) is 15.1. The zero-order valence-corrected chi connectivity index (χ0v) is 12.4. The second-order valence-corrected chi connectivity index (χ2v) is 4.83. The van der Waals surface area contributed by atoms with E-state index >= 15 is 0 Å². The van der Waals surface area contributed by atoms with Crippen LogP contribution in [-0.2, 0) is 11.3 Å². The highest BCUT2D eigenvalue weighted by molar-refractivity contribution is 6.32. The molecule has 0 aliphatic heterocycles. The van der Waals surface area contributed by atoms with E-state index in [2.05, 4.69) is 5.32 Å². The van der Waals surface area contributed by atoms with Crippen molar-refractivity contribution in [3.8, 4) is 5.75 Å². The van der Waals surface area contributed by atoms with Gasteiger partial charge in [0.25, 0.3) is 0 Å². The summed E-state index contributed by atoms with van der Waals surface area (Å²) in [5.41, 5.74) is 1.83. The summed E-state index contributed by atoms with van der Waals surface area (Å²) in [6, 6.07) is 14.9. The number of rotatable bonds is 5. The second-order valence-electron chi connectivity index (χ2n) is 4.42. The molecule has 0 spiro atoms. The van der Waals surface area contributed by atoms with Crippen LogP contribution in [0.1, 0.15) is 11.1 Å². The van der Waals surface area contributed by atoms with Crippen LogP contribution in [0.5, 0.6) is 5.75 Å². The number of halogens is 1. The van der Waals surface area contributed by atoms with Crippen molar-refractivity contribution in [3.63, 3.8) is 0 Å². The van der Waals surface area contributed by atoms with Crippen LogP contribution in [0.2, 0.25) is 5.02 Å². The largest absolute Gasteiger partial charge is 0.497 e. The zero-order valence-electron chi connectivity index (χ0n) is 11.7. The van der Waals surface area contributed by atoms with Crippen LogP contribution in [-0.4, -0.2) is 13.0 Å². The van der Waals surface area contributed by atoms with Crippen molar-refractivity contribution < 1.29 is 9.53 Å². The maximum absolute atomic E-state index is 11.8. The highest BCUT2D eigenvalue weighted by atomic mass is 35.5. The fraction of sp³-hybridized carbons (Fsp3) is 0.118. The maximum atomic E-state index is 11.8. The van der Waals surface area contributed by atoms with Gasteiger partial charge in [0.05, 0.1) is 7.11 Å². The Bertz CT molecular complexity index is 635. The molecule has 0 heterocycles. The van der Waals surface area contributed by atoms with Crippen LogP contribution in [0.4, 0.5) is 0 Å². The maximum Gasteiger partial charge on any atom is 0.244 e. The van der Waals surface area contributed by atoms with E-state index in [1.165, 1.54) is 6.08 Å². The molecular formula is C17H16ClNO2. The number of carbonyl (C=O) groups is 1. The summed E-state index contributed by atoms with van der Waals surface area (Å²) < 4.78 is 5.08. The fourth-order valence-electron chi connectivity index (χ4n) is 1.77. The van der Waals surface area contributed by atoms with Crippen molar-refractivity contribution in [3.05, 3.63) is 70.8 Å². The monoisotopic (exact) mass is 301 g/mol. The van der Waals surface area contributed by atoms with Gasteiger partial charge in [0.1, 0.15) is 5.75 Å². The number of nitrogens with one attached hydrogen (secondary N) is 1. The van der Waals surface area contributed by atoms with E-state index in [-0.39, 0.29) is 5.91 Å². The lowest BCUT2D eigenvalue weighted by Crippen LogP contribution is -2.20. The summed E-state index contributed by atoms with van der Waals surface area (Å²) >= 11 is 6.01. The van der Waals surface area contributed by atoms with Gasteiger partial charge in [-0.2, -0.15) is 0 Å². The van der Waals surface area contributed by atoms with E-state index in [0.717, 1.165) is 16.9 Å². The molecule has 108 valence electrons. The van der Waals surface area contributed by atoms with Crippen LogP contribution in [0.15, 0.2) is 54.6 Å². The lowest BCUT2D eigenvalue weighted by atomic mass is 10.2. The smallest absolute Gasteiger partial charge is 0.244 e. The molecular weight excluding hydrogens is 286 g/mol. The van der Waals surface area contributed by atoms with Crippen molar-refractivity contribution in [2.45, 2.75) is 6.54 Å². The average molecular weight is 302 g/mol. The molecule has 0 bridgehead atoms. The van der Waals surface area contributed by atoms with Crippen LogP contribution >= 0.6 is 11.6 Å². The lowest BCUT2D eigenvalue weighted by molar-refractivity contribution is -0.116. The summed E-state index contributed by atoms with van der Waals surface area (Å²) in [5, 5.41) is 3.44. The Balaban J connectivity index is 1.88. The molecule has 0 saturated heterocycles. The summed E-state index contributed by atoms with van der Waals surface area (Å²) in [5.74, 6) is 0.634. The minimum atomic E-state index is -0.161. The predicted octanol–water partition coefficient (Wildman–Crippen LogP) is 3.68. The summed E-state index contributed by atoms with van der Waals surface area (Å²) in [6.45, 7) is 0.468. The molecule has 1 N–H and O–H groups in total. The summed E-state index contributed by atoms with van der Waals surface area (Å²) in [6.07, 6.45) is 3.18. The molecule has 0 atom stereocenters. The first-order chi connectivity index (χ1) is 10.2. The van der Waals surface area contributed by atoms with Crippen LogP contribution in [0.25, 0.3) is 6.08 Å². The average Bonchev–Trinajstić information content (AvgIpc) is 2.52. The van der Waals surface area contributed by atoms with Gasteiger partial charge >= 0.3 is 0 Å². The first-order valence-electron chi connectivity index (χ1n) is 6.52. The van der Waals surface area contributed by atoms with Gasteiger partial charge in [-0.1, -0.05) is 41.9 Å². The van der Waals surface area contributed by atoms with E-state index in [0.29, 0.717) is 11.6 Å². The fourth-order valence-corrected chi connectivity index (χ4v) is 1.97. The number of benzene rings is 2. The van der Waals surface area contributed by atoms with E-state index in [1.54, 1.807) is 19.3 Å². The number of amides is 1. The standard InChI is InChI=1S/C17H16ClNO2/c1-21-15-9-6-13(7-10-15)12-19-17(20)11-8-14-4-2-3-5-16(14)18/h2-11H,12H2,1H3,(H,19,20). The van der Waals surface area contributed by atoms with Gasteiger partial charge in [0.2, 0.25) is 5.91 Å². The summed E-state index contributed by atoms with van der Waals surface area (Å²) in [7, 11) is 1.62. The van der Waals surface area contributed by atoms with E-state index in [1.807, 2.05) is 42.5 Å². The third-order valence-electron chi connectivity index (χ3n) is 2.95. The first-order valence-corrected chi connectivity index (χ1v) is 6.90. The van der Waals surface area contributed by atoms with Gasteiger partial charge in [-0.15, -0.1) is 0 Å². The molecule has 2 aromatic carbocycles. The highest BCUT2D eigenvalue weighted by Crippen LogP contribution is 2.16. The highest BCUT2D eigenvalue weighted by Gasteiger charge is 1.99. The van der Waals surface area contributed by atoms with Gasteiger partial charge in [-0.05, 0) is 35.4 Å². The summed E-state index contributed by atoms with van der Waals surface area (Å²) in [4.78, 5) is 11.8. The number of carbonyl (C=O) groups excluding carboxylic acids is 1. The van der Waals surface area contributed by atoms with Crippen molar-refractivity contribution in [1.82, 2.24) is 5.32 Å². The van der Waals surface area contributed by atoms with Crippen molar-refractivity contribution >= 4 is 23.6 Å². The minimum absolute atomic E-state index is 0.161. The van der Waals surface area contributed by atoms with Gasteiger partial charge in [-0.3, -0.25) is 4.79 Å². The van der Waals surface area contributed by atoms with Crippen molar-refractivity contribution in [1.29, 1.82) is 0 Å². The van der Waals surface area contributed by atoms with Crippen LogP contribution in [0.3, 0.4) is 0 Å². The molecule has 0 aliphatic carbocycles. The molecule has 0 aliphatic rings. The van der Waals surface area contributed by atoms with Crippen molar-refractivity contribution in [2.24, 2.45) is 0 Å². The molecule has 0 radical (unpaired) electrons. The molecule has 3 nitrogen and oxygen atoms in total. The third kappa shape index (κ3) is 4.65. The molecule has 2 rings (SSSR count). The number of ether oxygens (including phenoxy) is 1. The number of hydrogen-bond acceptors (Lipinski definition) is 2. The molecule has 21 heavy (non-hydrogen) atoms. The Labute approximate surface area is 129 Å². The molecule has 2 aromatic rings. The Morgan fingerprint density at radius 3 is 2.57 bits per heavy atom. The van der Waals surface area contributed by atoms with Gasteiger partial charge in [-0.25, -0.2) is 0 Å². The topological polar surface area (TPSA) is 38.3 Å². The van der Waals surface area contributed by atoms with E-state index in [9.17, 15) is 4.79 Å². The third-order valence-corrected chi connectivity index (χ3v) is 3.29. The van der Waals surface area contributed by atoms with E-state index in [4.69, 9.17) is 16.3 Å². The molecule has 0 aromatic heterocycles. The van der Waals surface area contributed by atoms with E-state index < -0.39 is 0 Å². The quantitative estimate of drug-likeness (QED) is 0.856. The molecule has 1 amide bonds. The van der Waals surface area contributed by atoms with Crippen LogP contribution < -0.4 is 10.1 Å². The van der Waals surface area contributed by atoms with Crippen molar-refractivity contribution in [2.75, 3.05) is 7.11 Å². The van der Waals surface area contributed by atoms with Gasteiger partial charge < -0.3 is 10.1 Å². The minimum Gasteiger partial charge on any atom is -0.497 e. The number of hydrogen-bond donors (Lipinski definition) is 1. The SMILES string of the molecule is COc1ccc(CNC(=O)C=Cc2ccccc2Cl)cc1. The number of methoxy groups -OCH3 is 1. The molecule has 0 unspecified atom stereocenters. The van der Waals surface area contributed by atoms with Gasteiger partial charge in [0, 0.05) is 17.6 Å². The Hall–Kier alpha value is -2.26. The van der Waals surface area contributed by atoms with Gasteiger partial charge in [0.15, 0.2) is 0 Å². The molecule has 0 fully saturated rings. The predicted molar refractivity (Wildman–Crippen MR) is 85.3 cm³/mol. The molecule has 0 saturated carbocycles. The lowest BCUT2D eigenvalue weighted by Gasteiger charge is -2.04.